The van der Waals surface area contributed by atoms with Crippen LogP contribution in [0.2, 0.25) is 0 Å². The maximum Gasteiger partial charge on any atom is 0.417 e. The lowest BCUT2D eigenvalue weighted by atomic mass is 10.0. The molecule has 0 aliphatic carbocycles. The normalized spacial score (nSPS) is 12.4. The molecule has 1 aromatic carbocycles. The van der Waals surface area contributed by atoms with Crippen molar-refractivity contribution in [3.05, 3.63) is 33.4 Å². The largest absolute Gasteiger partial charge is 0.417 e. The zero-order chi connectivity index (χ0) is 18.2. The maximum absolute atomic E-state index is 12.8. The number of nitro groups is 1. The van der Waals surface area contributed by atoms with Crippen LogP contribution in [0.15, 0.2) is 12.1 Å². The molecule has 0 saturated carbocycles. The first-order valence-electron chi connectivity index (χ1n) is 6.02. The summed E-state index contributed by atoms with van der Waals surface area (Å²) in [5, 5.41) is 12.7. The maximum atomic E-state index is 12.8. The van der Waals surface area contributed by atoms with Crippen molar-refractivity contribution in [1.29, 1.82) is 0 Å². The fourth-order valence-electron chi connectivity index (χ4n) is 1.59. The number of halogens is 6. The first-order valence-corrected chi connectivity index (χ1v) is 6.02. The number of amides is 1. The third-order valence-electron chi connectivity index (χ3n) is 2.73. The van der Waals surface area contributed by atoms with Crippen LogP contribution in [0.25, 0.3) is 0 Å². The Morgan fingerprint density at radius 3 is 1.87 bits per heavy atom. The van der Waals surface area contributed by atoms with Gasteiger partial charge in [-0.1, -0.05) is 13.8 Å². The lowest BCUT2D eigenvalue weighted by molar-refractivity contribution is -0.384. The second kappa shape index (κ2) is 6.05. The third kappa shape index (κ3) is 4.33. The lowest BCUT2D eigenvalue weighted by Gasteiger charge is -2.17. The van der Waals surface area contributed by atoms with Crippen LogP contribution in [0.1, 0.15) is 25.0 Å². The molecule has 0 aliphatic heterocycles. The molecule has 11 heteroatoms. The Morgan fingerprint density at radius 1 is 1.09 bits per heavy atom. The SMILES string of the molecule is CC(C)C(=O)Nc1cc(C(F)(F)F)c(C(F)(F)F)cc1[N+](=O)[O-]. The summed E-state index contributed by atoms with van der Waals surface area (Å²) in [5.41, 5.74) is -6.54. The van der Waals surface area contributed by atoms with Crippen LogP contribution in [-0.2, 0) is 17.1 Å². The predicted octanol–water partition coefficient (Wildman–Crippen LogP) is 4.23. The van der Waals surface area contributed by atoms with Gasteiger partial charge < -0.3 is 5.32 Å². The number of alkyl halides is 6. The van der Waals surface area contributed by atoms with Crippen LogP contribution in [0, 0.1) is 16.0 Å². The van der Waals surface area contributed by atoms with Crippen molar-refractivity contribution in [2.24, 2.45) is 5.92 Å². The number of rotatable bonds is 3. The van der Waals surface area contributed by atoms with Gasteiger partial charge in [0.25, 0.3) is 5.69 Å². The summed E-state index contributed by atoms with van der Waals surface area (Å²) in [6.07, 6.45) is -10.9. The van der Waals surface area contributed by atoms with Gasteiger partial charge in [-0.25, -0.2) is 0 Å². The number of nitrogens with one attached hydrogen (secondary N) is 1. The average Bonchev–Trinajstić information content (AvgIpc) is 2.35. The van der Waals surface area contributed by atoms with E-state index in [1.165, 1.54) is 13.8 Å². The molecular weight excluding hydrogens is 334 g/mol. The quantitative estimate of drug-likeness (QED) is 0.507. The van der Waals surface area contributed by atoms with Crippen molar-refractivity contribution in [3.8, 4) is 0 Å². The van der Waals surface area contributed by atoms with E-state index in [2.05, 4.69) is 0 Å². The zero-order valence-corrected chi connectivity index (χ0v) is 11.7. The first-order chi connectivity index (χ1) is 10.2. The molecule has 1 N–H and O–H groups in total. The highest BCUT2D eigenvalue weighted by Gasteiger charge is 2.45. The van der Waals surface area contributed by atoms with Gasteiger partial charge in [0.2, 0.25) is 5.91 Å². The molecule has 0 aromatic heterocycles. The topological polar surface area (TPSA) is 72.2 Å². The highest BCUT2D eigenvalue weighted by molar-refractivity contribution is 5.94. The Bertz CT molecular complexity index is 637. The minimum atomic E-state index is -5.45. The predicted molar refractivity (Wildman–Crippen MR) is 66.6 cm³/mol. The zero-order valence-electron chi connectivity index (χ0n) is 11.7. The second-order valence-electron chi connectivity index (χ2n) is 4.81. The molecule has 1 rings (SSSR count). The van der Waals surface area contributed by atoms with E-state index in [1.54, 1.807) is 0 Å². The molecule has 1 aromatic rings. The van der Waals surface area contributed by atoms with E-state index in [9.17, 15) is 41.3 Å². The van der Waals surface area contributed by atoms with Crippen molar-refractivity contribution < 1.29 is 36.1 Å². The highest BCUT2D eigenvalue weighted by atomic mass is 19.4. The molecule has 23 heavy (non-hydrogen) atoms. The molecular formula is C12H10F6N2O3. The number of hydrogen-bond acceptors (Lipinski definition) is 3. The van der Waals surface area contributed by atoms with E-state index >= 15 is 0 Å². The van der Waals surface area contributed by atoms with Crippen LogP contribution < -0.4 is 5.32 Å². The number of carbonyl (C=O) groups excluding carboxylic acids is 1. The summed E-state index contributed by atoms with van der Waals surface area (Å²) < 4.78 is 76.6. The van der Waals surface area contributed by atoms with Gasteiger partial charge >= 0.3 is 12.4 Å². The van der Waals surface area contributed by atoms with E-state index in [0.717, 1.165) is 0 Å². The molecule has 5 nitrogen and oxygen atoms in total. The number of nitro benzene ring substituents is 1. The summed E-state index contributed by atoms with van der Waals surface area (Å²) in [6.45, 7) is 2.71. The monoisotopic (exact) mass is 344 g/mol. The first kappa shape index (κ1) is 18.7. The molecule has 0 atom stereocenters. The van der Waals surface area contributed by atoms with Crippen LogP contribution in [-0.4, -0.2) is 10.8 Å². The number of anilines is 1. The van der Waals surface area contributed by atoms with Gasteiger partial charge in [0, 0.05) is 12.0 Å². The van der Waals surface area contributed by atoms with Crippen molar-refractivity contribution in [2.45, 2.75) is 26.2 Å². The Morgan fingerprint density at radius 2 is 1.52 bits per heavy atom. The van der Waals surface area contributed by atoms with E-state index in [-0.39, 0.29) is 12.1 Å². The molecule has 0 spiro atoms. The number of carbonyl (C=O) groups is 1. The molecule has 0 heterocycles. The van der Waals surface area contributed by atoms with E-state index in [1.807, 2.05) is 5.32 Å². The van der Waals surface area contributed by atoms with E-state index in [4.69, 9.17) is 0 Å². The Labute approximate surface area is 125 Å². The van der Waals surface area contributed by atoms with Crippen LogP contribution in [0.5, 0.6) is 0 Å². The van der Waals surface area contributed by atoms with Gasteiger partial charge in [0.05, 0.1) is 16.1 Å². The van der Waals surface area contributed by atoms with Crippen LogP contribution in [0.3, 0.4) is 0 Å². The fourth-order valence-corrected chi connectivity index (χ4v) is 1.59. The van der Waals surface area contributed by atoms with Crippen molar-refractivity contribution in [1.82, 2.24) is 0 Å². The Hall–Kier alpha value is -2.33. The van der Waals surface area contributed by atoms with E-state index < -0.39 is 51.6 Å². The summed E-state index contributed by atoms with van der Waals surface area (Å²) in [7, 11) is 0. The number of hydrogen-bond donors (Lipinski definition) is 1. The minimum Gasteiger partial charge on any atom is -0.320 e. The van der Waals surface area contributed by atoms with Gasteiger partial charge in [-0.3, -0.25) is 14.9 Å². The van der Waals surface area contributed by atoms with E-state index in [0.29, 0.717) is 0 Å². The summed E-state index contributed by atoms with van der Waals surface area (Å²) in [5.74, 6) is -1.62. The molecule has 0 saturated heterocycles. The van der Waals surface area contributed by atoms with Gasteiger partial charge in [-0.15, -0.1) is 0 Å². The molecule has 0 bridgehead atoms. The molecule has 128 valence electrons. The summed E-state index contributed by atoms with van der Waals surface area (Å²) in [6, 6.07) is -0.319. The number of nitrogens with zero attached hydrogens (tertiary/aromatic N) is 1. The molecule has 0 aliphatic rings. The second-order valence-corrected chi connectivity index (χ2v) is 4.81. The average molecular weight is 344 g/mol. The summed E-state index contributed by atoms with van der Waals surface area (Å²) >= 11 is 0. The van der Waals surface area contributed by atoms with Gasteiger partial charge in [-0.05, 0) is 6.07 Å². The van der Waals surface area contributed by atoms with Gasteiger partial charge in [0.15, 0.2) is 0 Å². The van der Waals surface area contributed by atoms with Crippen molar-refractivity contribution >= 4 is 17.3 Å². The molecule has 0 fully saturated rings. The van der Waals surface area contributed by atoms with Gasteiger partial charge in [0.1, 0.15) is 5.69 Å². The lowest BCUT2D eigenvalue weighted by Crippen LogP contribution is -2.21. The smallest absolute Gasteiger partial charge is 0.320 e. The Balaban J connectivity index is 3.64. The van der Waals surface area contributed by atoms with Gasteiger partial charge in [-0.2, -0.15) is 26.3 Å². The molecule has 1 amide bonds. The standard InChI is InChI=1S/C12H10F6N2O3/c1-5(2)10(21)19-8-3-6(11(13,14)15)7(12(16,17)18)4-9(8)20(22)23/h3-5H,1-2H3,(H,19,21). The minimum absolute atomic E-state index is 0.0821. The summed E-state index contributed by atoms with van der Waals surface area (Å²) in [4.78, 5) is 21.0. The fraction of sp³-hybridized carbons (Fsp3) is 0.417. The highest BCUT2D eigenvalue weighted by Crippen LogP contribution is 2.44. The van der Waals surface area contributed by atoms with Crippen LogP contribution in [0.4, 0.5) is 37.7 Å². The molecule has 0 unspecified atom stereocenters. The van der Waals surface area contributed by atoms with Crippen LogP contribution >= 0.6 is 0 Å². The molecule has 0 radical (unpaired) electrons. The van der Waals surface area contributed by atoms with Crippen molar-refractivity contribution in [3.63, 3.8) is 0 Å². The number of benzene rings is 1. The Kier molecular flexibility index (Phi) is 4.92. The van der Waals surface area contributed by atoms with Crippen molar-refractivity contribution in [2.75, 3.05) is 5.32 Å². The third-order valence-corrected chi connectivity index (χ3v) is 2.73.